The van der Waals surface area contributed by atoms with E-state index in [2.05, 4.69) is 20.5 Å². The van der Waals surface area contributed by atoms with Gasteiger partial charge < -0.3 is 0 Å². The zero-order valence-electron chi connectivity index (χ0n) is 13.7. The summed E-state index contributed by atoms with van der Waals surface area (Å²) in [6, 6.07) is 5.36. The third kappa shape index (κ3) is 4.04. The molecule has 3 aromatic rings. The van der Waals surface area contributed by atoms with E-state index < -0.39 is 0 Å². The van der Waals surface area contributed by atoms with Crippen molar-refractivity contribution in [2.45, 2.75) is 13.8 Å². The van der Waals surface area contributed by atoms with Gasteiger partial charge in [0.05, 0.1) is 24.2 Å². The Morgan fingerprint density at radius 2 is 2.12 bits per heavy atom. The maximum absolute atomic E-state index is 11.9. The number of carbonyl (C=O) groups excluding carboxylic acids is 1. The number of aryl methyl sites for hydroxylation is 2. The van der Waals surface area contributed by atoms with Crippen LogP contribution in [0.3, 0.4) is 0 Å². The summed E-state index contributed by atoms with van der Waals surface area (Å²) in [5.41, 5.74) is 4.98. The molecule has 0 unspecified atom stereocenters. The standard InChI is InChI=1S/C17H15N5O2S/c1-11-6-12(2)10-22(9-11)15-14(25-17(24)20-15)8-19-21-16(23)13-4-3-5-18-7-13/h3-10H,1-2H3,(H-,19,20,21,23,24)/p+1. The van der Waals surface area contributed by atoms with Gasteiger partial charge in [0.2, 0.25) is 0 Å². The number of carbonyl (C=O) groups is 1. The number of pyridine rings is 2. The van der Waals surface area contributed by atoms with Crippen LogP contribution in [0.15, 0.2) is 52.9 Å². The van der Waals surface area contributed by atoms with E-state index in [9.17, 15) is 9.59 Å². The Bertz CT molecular complexity index is 972. The average molecular weight is 354 g/mol. The average Bonchev–Trinajstić information content (AvgIpc) is 2.95. The largest absolute Gasteiger partial charge is 0.390 e. The number of aromatic nitrogens is 3. The minimum Gasteiger partial charge on any atom is -0.267 e. The van der Waals surface area contributed by atoms with E-state index in [1.165, 1.54) is 12.4 Å². The van der Waals surface area contributed by atoms with Crippen LogP contribution in [0.25, 0.3) is 5.82 Å². The lowest BCUT2D eigenvalue weighted by atomic mass is 10.2. The summed E-state index contributed by atoms with van der Waals surface area (Å²) in [7, 11) is 0. The van der Waals surface area contributed by atoms with Crippen LogP contribution in [-0.4, -0.2) is 22.1 Å². The van der Waals surface area contributed by atoms with Crippen molar-refractivity contribution >= 4 is 23.5 Å². The molecule has 0 fully saturated rings. The molecular weight excluding hydrogens is 338 g/mol. The van der Waals surface area contributed by atoms with Crippen molar-refractivity contribution in [2.24, 2.45) is 5.10 Å². The minimum absolute atomic E-state index is 0.193. The molecule has 0 saturated heterocycles. The molecule has 0 aliphatic carbocycles. The van der Waals surface area contributed by atoms with Gasteiger partial charge >= 0.3 is 10.7 Å². The number of aromatic amines is 1. The number of nitrogens with one attached hydrogen (secondary N) is 2. The van der Waals surface area contributed by atoms with E-state index in [0.717, 1.165) is 22.5 Å². The van der Waals surface area contributed by atoms with Gasteiger partial charge in [-0.15, -0.1) is 0 Å². The number of hydrazone groups is 1. The number of thiazole rings is 1. The first-order valence-electron chi connectivity index (χ1n) is 7.49. The highest BCUT2D eigenvalue weighted by atomic mass is 32.1. The van der Waals surface area contributed by atoms with Crippen LogP contribution in [0.1, 0.15) is 26.4 Å². The summed E-state index contributed by atoms with van der Waals surface area (Å²) >= 11 is 1.02. The lowest BCUT2D eigenvalue weighted by Gasteiger charge is -2.01. The van der Waals surface area contributed by atoms with Crippen LogP contribution < -0.4 is 14.9 Å². The SMILES string of the molecule is Cc1cc(C)c[n+](-c2[nH]c(=O)sc2/C=N\NC(=O)c2cccnc2)c1. The second-order valence-electron chi connectivity index (χ2n) is 5.47. The molecule has 0 aromatic carbocycles. The van der Waals surface area contributed by atoms with Gasteiger partial charge in [-0.2, -0.15) is 10.1 Å². The molecule has 8 heteroatoms. The second-order valence-corrected chi connectivity index (χ2v) is 6.48. The molecule has 25 heavy (non-hydrogen) atoms. The summed E-state index contributed by atoms with van der Waals surface area (Å²) in [5.74, 6) is 0.244. The number of hydrogen-bond donors (Lipinski definition) is 2. The van der Waals surface area contributed by atoms with Gasteiger partial charge in [0.1, 0.15) is 4.88 Å². The molecule has 3 aromatic heterocycles. The normalized spacial score (nSPS) is 11.0. The molecule has 3 rings (SSSR count). The lowest BCUT2D eigenvalue weighted by Crippen LogP contribution is -2.33. The number of amides is 1. The summed E-state index contributed by atoms with van der Waals surface area (Å²) in [6.07, 6.45) is 8.32. The first kappa shape index (κ1) is 16.7. The van der Waals surface area contributed by atoms with Gasteiger partial charge in [-0.3, -0.25) is 9.78 Å². The van der Waals surface area contributed by atoms with Gasteiger partial charge in [-0.05, 0) is 54.5 Å². The Kier molecular flexibility index (Phi) is 4.80. The molecule has 2 N–H and O–H groups in total. The van der Waals surface area contributed by atoms with Crippen molar-refractivity contribution in [3.63, 3.8) is 0 Å². The molecule has 0 spiro atoms. The molecule has 0 bridgehead atoms. The Balaban J connectivity index is 1.84. The predicted octanol–water partition coefficient (Wildman–Crippen LogP) is 1.49. The number of hydrogen-bond acceptors (Lipinski definition) is 5. The molecule has 0 atom stereocenters. The smallest absolute Gasteiger partial charge is 0.267 e. The first-order chi connectivity index (χ1) is 12.0. The lowest BCUT2D eigenvalue weighted by molar-refractivity contribution is -0.600. The zero-order chi connectivity index (χ0) is 17.8. The maximum Gasteiger partial charge on any atom is 0.390 e. The Labute approximate surface area is 147 Å². The molecular formula is C17H16N5O2S+. The fourth-order valence-corrected chi connectivity index (χ4v) is 3.07. The van der Waals surface area contributed by atoms with Crippen molar-refractivity contribution in [3.8, 4) is 5.82 Å². The highest BCUT2D eigenvalue weighted by molar-refractivity contribution is 7.11. The van der Waals surface area contributed by atoms with E-state index in [4.69, 9.17) is 0 Å². The van der Waals surface area contributed by atoms with Gasteiger partial charge in [-0.25, -0.2) is 14.8 Å². The van der Waals surface area contributed by atoms with Crippen LogP contribution in [0.4, 0.5) is 0 Å². The van der Waals surface area contributed by atoms with Crippen LogP contribution in [-0.2, 0) is 0 Å². The van der Waals surface area contributed by atoms with Crippen LogP contribution in [0.5, 0.6) is 0 Å². The van der Waals surface area contributed by atoms with Crippen molar-refractivity contribution in [3.05, 3.63) is 74.2 Å². The molecule has 126 valence electrons. The molecule has 7 nitrogen and oxygen atoms in total. The summed E-state index contributed by atoms with van der Waals surface area (Å²) < 4.78 is 1.84. The van der Waals surface area contributed by atoms with Crippen molar-refractivity contribution in [2.75, 3.05) is 0 Å². The molecule has 1 amide bonds. The van der Waals surface area contributed by atoms with E-state index in [0.29, 0.717) is 16.3 Å². The van der Waals surface area contributed by atoms with Gasteiger partial charge in [0, 0.05) is 12.4 Å². The third-order valence-corrected chi connectivity index (χ3v) is 4.13. The van der Waals surface area contributed by atoms with E-state index in [1.807, 2.05) is 36.9 Å². The predicted molar refractivity (Wildman–Crippen MR) is 95.2 cm³/mol. The fraction of sp³-hybridized carbons (Fsp3) is 0.118. The monoisotopic (exact) mass is 354 g/mol. The highest BCUT2D eigenvalue weighted by Gasteiger charge is 2.17. The van der Waals surface area contributed by atoms with Gasteiger partial charge in [0.15, 0.2) is 0 Å². The molecule has 0 radical (unpaired) electrons. The van der Waals surface area contributed by atoms with E-state index in [1.54, 1.807) is 18.3 Å². The second kappa shape index (κ2) is 7.18. The van der Waals surface area contributed by atoms with Crippen molar-refractivity contribution in [1.29, 1.82) is 0 Å². The van der Waals surface area contributed by atoms with Gasteiger partial charge in [-0.1, -0.05) is 0 Å². The number of nitrogens with zero attached hydrogens (tertiary/aromatic N) is 3. The van der Waals surface area contributed by atoms with E-state index in [-0.39, 0.29) is 10.8 Å². The Hall–Kier alpha value is -3.13. The molecule has 0 aliphatic heterocycles. The highest BCUT2D eigenvalue weighted by Crippen LogP contribution is 2.08. The number of rotatable bonds is 4. The summed E-state index contributed by atoms with van der Waals surface area (Å²) in [6.45, 7) is 3.96. The van der Waals surface area contributed by atoms with Gasteiger partial charge in [0.25, 0.3) is 5.91 Å². The topological polar surface area (TPSA) is 91.1 Å². The Morgan fingerprint density at radius 3 is 2.80 bits per heavy atom. The maximum atomic E-state index is 11.9. The van der Waals surface area contributed by atoms with Crippen LogP contribution >= 0.6 is 11.3 Å². The quantitative estimate of drug-likeness (QED) is 0.422. The molecule has 0 saturated carbocycles. The fourth-order valence-electron chi connectivity index (χ4n) is 2.36. The zero-order valence-corrected chi connectivity index (χ0v) is 14.5. The molecule has 3 heterocycles. The van der Waals surface area contributed by atoms with Crippen LogP contribution in [0, 0.1) is 13.8 Å². The summed E-state index contributed by atoms with van der Waals surface area (Å²) in [5, 5.41) is 3.95. The number of H-pyrrole nitrogens is 1. The van der Waals surface area contributed by atoms with Crippen molar-refractivity contribution in [1.82, 2.24) is 15.4 Å². The summed E-state index contributed by atoms with van der Waals surface area (Å²) in [4.78, 5) is 30.8. The molecule has 0 aliphatic rings. The third-order valence-electron chi connectivity index (χ3n) is 3.33. The minimum atomic E-state index is -0.368. The van der Waals surface area contributed by atoms with Crippen LogP contribution in [0.2, 0.25) is 0 Å². The Morgan fingerprint density at radius 1 is 1.36 bits per heavy atom. The van der Waals surface area contributed by atoms with E-state index >= 15 is 0 Å². The first-order valence-corrected chi connectivity index (χ1v) is 8.31. The van der Waals surface area contributed by atoms with Crippen molar-refractivity contribution < 1.29 is 9.36 Å².